The van der Waals surface area contributed by atoms with Crippen LogP contribution in [0.5, 0.6) is 0 Å². The average Bonchev–Trinajstić information content (AvgIpc) is 2.73. The topological polar surface area (TPSA) is 65.7 Å². The summed E-state index contributed by atoms with van der Waals surface area (Å²) in [4.78, 5) is 11.5. The third-order valence-electron chi connectivity index (χ3n) is 4.21. The lowest BCUT2D eigenvalue weighted by Crippen LogP contribution is -2.41. The minimum Gasteiger partial charge on any atom is -0.444 e. The average molecular weight is 321 g/mol. The molecule has 6 nitrogen and oxygen atoms in total. The Morgan fingerprint density at radius 1 is 1.17 bits per heavy atom. The SMILES string of the molecule is CCNC(=NCc1nc(C)c(C)o1)NCCN1CCCCCC1. The first-order valence-electron chi connectivity index (χ1n) is 8.86. The number of rotatable bonds is 6. The van der Waals surface area contributed by atoms with Crippen LogP contribution in [0.3, 0.4) is 0 Å². The molecule has 6 heteroatoms. The molecule has 1 aromatic heterocycles. The Morgan fingerprint density at radius 2 is 1.91 bits per heavy atom. The molecule has 0 unspecified atom stereocenters. The number of hydrogen-bond acceptors (Lipinski definition) is 4. The monoisotopic (exact) mass is 321 g/mol. The van der Waals surface area contributed by atoms with Gasteiger partial charge < -0.3 is 20.0 Å². The van der Waals surface area contributed by atoms with Crippen molar-refractivity contribution in [1.82, 2.24) is 20.5 Å². The Hall–Kier alpha value is -1.56. The van der Waals surface area contributed by atoms with E-state index in [9.17, 15) is 0 Å². The second-order valence-electron chi connectivity index (χ2n) is 6.13. The van der Waals surface area contributed by atoms with Gasteiger partial charge in [-0.2, -0.15) is 0 Å². The summed E-state index contributed by atoms with van der Waals surface area (Å²) in [6.45, 7) is 11.7. The minimum atomic E-state index is 0.466. The first-order chi connectivity index (χ1) is 11.2. The lowest BCUT2D eigenvalue weighted by Gasteiger charge is -2.20. The zero-order valence-corrected chi connectivity index (χ0v) is 14.8. The van der Waals surface area contributed by atoms with Gasteiger partial charge in [0, 0.05) is 19.6 Å². The number of aliphatic imine (C=N–C) groups is 1. The molecule has 0 spiro atoms. The molecule has 0 aliphatic carbocycles. The molecular weight excluding hydrogens is 290 g/mol. The maximum atomic E-state index is 5.57. The Labute approximate surface area is 139 Å². The predicted octanol–water partition coefficient (Wildman–Crippen LogP) is 2.22. The molecule has 2 rings (SSSR count). The Morgan fingerprint density at radius 3 is 2.52 bits per heavy atom. The summed E-state index contributed by atoms with van der Waals surface area (Å²) in [5, 5.41) is 6.68. The van der Waals surface area contributed by atoms with Gasteiger partial charge in [-0.15, -0.1) is 0 Å². The van der Waals surface area contributed by atoms with E-state index in [1.165, 1.54) is 38.8 Å². The van der Waals surface area contributed by atoms with E-state index in [-0.39, 0.29) is 0 Å². The molecule has 1 aliphatic rings. The molecule has 0 atom stereocenters. The van der Waals surface area contributed by atoms with Crippen molar-refractivity contribution in [3.8, 4) is 0 Å². The van der Waals surface area contributed by atoms with E-state index >= 15 is 0 Å². The number of nitrogens with zero attached hydrogens (tertiary/aromatic N) is 3. The van der Waals surface area contributed by atoms with Gasteiger partial charge in [0.15, 0.2) is 5.96 Å². The van der Waals surface area contributed by atoms with Gasteiger partial charge in [0.05, 0.1) is 5.69 Å². The number of hydrogen-bond donors (Lipinski definition) is 2. The maximum absolute atomic E-state index is 5.57. The lowest BCUT2D eigenvalue weighted by atomic mass is 10.2. The van der Waals surface area contributed by atoms with Gasteiger partial charge in [0.1, 0.15) is 12.3 Å². The molecule has 23 heavy (non-hydrogen) atoms. The van der Waals surface area contributed by atoms with Crippen molar-refractivity contribution in [3.63, 3.8) is 0 Å². The zero-order chi connectivity index (χ0) is 16.5. The van der Waals surface area contributed by atoms with Crippen LogP contribution in [-0.2, 0) is 6.54 Å². The summed E-state index contributed by atoms with van der Waals surface area (Å²) in [6.07, 6.45) is 5.42. The third-order valence-corrected chi connectivity index (χ3v) is 4.21. The number of guanidine groups is 1. The summed E-state index contributed by atoms with van der Waals surface area (Å²) in [5.74, 6) is 2.37. The first-order valence-corrected chi connectivity index (χ1v) is 8.86. The summed E-state index contributed by atoms with van der Waals surface area (Å²) >= 11 is 0. The van der Waals surface area contributed by atoms with E-state index in [4.69, 9.17) is 4.42 Å². The van der Waals surface area contributed by atoms with Crippen LogP contribution in [-0.4, -0.2) is 48.6 Å². The van der Waals surface area contributed by atoms with E-state index in [2.05, 4.69) is 32.4 Å². The van der Waals surface area contributed by atoms with Crippen molar-refractivity contribution in [1.29, 1.82) is 0 Å². The fourth-order valence-corrected chi connectivity index (χ4v) is 2.79. The zero-order valence-electron chi connectivity index (χ0n) is 14.8. The molecule has 1 fully saturated rings. The van der Waals surface area contributed by atoms with Crippen LogP contribution in [0.4, 0.5) is 0 Å². The Balaban J connectivity index is 1.79. The molecule has 0 amide bonds. The van der Waals surface area contributed by atoms with Crippen LogP contribution >= 0.6 is 0 Å². The van der Waals surface area contributed by atoms with Gasteiger partial charge in [-0.25, -0.2) is 9.98 Å². The summed E-state index contributed by atoms with van der Waals surface area (Å²) in [6, 6.07) is 0. The van der Waals surface area contributed by atoms with E-state index < -0.39 is 0 Å². The molecule has 130 valence electrons. The van der Waals surface area contributed by atoms with Crippen LogP contribution in [0.15, 0.2) is 9.41 Å². The molecule has 1 saturated heterocycles. The van der Waals surface area contributed by atoms with E-state index in [0.29, 0.717) is 12.4 Å². The third kappa shape index (κ3) is 6.22. The van der Waals surface area contributed by atoms with Crippen LogP contribution in [0.25, 0.3) is 0 Å². The highest BCUT2D eigenvalue weighted by atomic mass is 16.4. The van der Waals surface area contributed by atoms with Gasteiger partial charge in [-0.1, -0.05) is 12.8 Å². The van der Waals surface area contributed by atoms with Crippen molar-refractivity contribution in [3.05, 3.63) is 17.3 Å². The standard InChI is InChI=1S/C17H31N5O/c1-4-18-17(20-13-16-21-14(2)15(3)23-16)19-9-12-22-10-7-5-6-8-11-22/h4-13H2,1-3H3,(H2,18,19,20). The normalized spacial score (nSPS) is 17.1. The summed E-state index contributed by atoms with van der Waals surface area (Å²) in [7, 11) is 0. The second kappa shape index (κ2) is 9.55. The highest BCUT2D eigenvalue weighted by Gasteiger charge is 2.09. The van der Waals surface area contributed by atoms with Gasteiger partial charge >= 0.3 is 0 Å². The number of aryl methyl sites for hydroxylation is 2. The molecule has 0 radical (unpaired) electrons. The number of nitrogens with one attached hydrogen (secondary N) is 2. The maximum Gasteiger partial charge on any atom is 0.216 e. The fraction of sp³-hybridized carbons (Fsp3) is 0.765. The largest absolute Gasteiger partial charge is 0.444 e. The number of aromatic nitrogens is 1. The number of likely N-dealkylation sites (tertiary alicyclic amines) is 1. The van der Waals surface area contributed by atoms with Crippen LogP contribution in [0, 0.1) is 13.8 Å². The van der Waals surface area contributed by atoms with Crippen molar-refractivity contribution in [2.24, 2.45) is 4.99 Å². The second-order valence-corrected chi connectivity index (χ2v) is 6.13. The molecule has 0 saturated carbocycles. The lowest BCUT2D eigenvalue weighted by molar-refractivity contribution is 0.289. The first kappa shape index (κ1) is 17.8. The van der Waals surface area contributed by atoms with Crippen LogP contribution in [0.2, 0.25) is 0 Å². The van der Waals surface area contributed by atoms with Gasteiger partial charge in [-0.3, -0.25) is 0 Å². The summed E-state index contributed by atoms with van der Waals surface area (Å²) in [5.41, 5.74) is 0.939. The van der Waals surface area contributed by atoms with Crippen molar-refractivity contribution < 1.29 is 4.42 Å². The summed E-state index contributed by atoms with van der Waals surface area (Å²) < 4.78 is 5.57. The highest BCUT2D eigenvalue weighted by molar-refractivity contribution is 5.79. The molecule has 1 aliphatic heterocycles. The Kier molecular flexibility index (Phi) is 7.39. The smallest absolute Gasteiger partial charge is 0.216 e. The van der Waals surface area contributed by atoms with E-state index in [1.807, 2.05) is 13.8 Å². The molecule has 2 heterocycles. The van der Waals surface area contributed by atoms with Crippen molar-refractivity contribution >= 4 is 5.96 Å². The van der Waals surface area contributed by atoms with Gasteiger partial charge in [0.25, 0.3) is 0 Å². The van der Waals surface area contributed by atoms with Crippen LogP contribution in [0.1, 0.15) is 50.0 Å². The van der Waals surface area contributed by atoms with Crippen molar-refractivity contribution in [2.75, 3.05) is 32.7 Å². The van der Waals surface area contributed by atoms with Gasteiger partial charge in [-0.05, 0) is 46.7 Å². The number of oxazole rings is 1. The predicted molar refractivity (Wildman–Crippen MR) is 93.7 cm³/mol. The fourth-order valence-electron chi connectivity index (χ4n) is 2.79. The molecule has 1 aromatic rings. The Bertz CT molecular complexity index is 470. The van der Waals surface area contributed by atoms with E-state index in [0.717, 1.165) is 37.0 Å². The van der Waals surface area contributed by atoms with Gasteiger partial charge in [0.2, 0.25) is 5.89 Å². The molecule has 2 N–H and O–H groups in total. The van der Waals surface area contributed by atoms with E-state index in [1.54, 1.807) is 0 Å². The molecule has 0 aromatic carbocycles. The van der Waals surface area contributed by atoms with Crippen molar-refractivity contribution in [2.45, 2.75) is 53.0 Å². The molecular formula is C17H31N5O. The molecule has 0 bridgehead atoms. The highest BCUT2D eigenvalue weighted by Crippen LogP contribution is 2.09. The minimum absolute atomic E-state index is 0.466. The quantitative estimate of drug-likeness (QED) is 0.621. The van der Waals surface area contributed by atoms with Crippen LogP contribution < -0.4 is 10.6 Å².